The van der Waals surface area contributed by atoms with Gasteiger partial charge in [0.2, 0.25) is 5.95 Å². The van der Waals surface area contributed by atoms with Crippen molar-refractivity contribution in [3.05, 3.63) is 22.2 Å². The molecule has 8 heteroatoms. The number of imidazole rings is 1. The Labute approximate surface area is 141 Å². The lowest BCUT2D eigenvalue weighted by molar-refractivity contribution is 0.543. The van der Waals surface area contributed by atoms with Crippen molar-refractivity contribution in [1.29, 1.82) is 0 Å². The molecule has 0 spiro atoms. The van der Waals surface area contributed by atoms with Crippen LogP contribution in [-0.4, -0.2) is 36.8 Å². The van der Waals surface area contributed by atoms with E-state index >= 15 is 0 Å². The first-order valence-corrected chi connectivity index (χ1v) is 8.99. The van der Waals surface area contributed by atoms with Gasteiger partial charge in [0.1, 0.15) is 4.75 Å². The second-order valence-corrected chi connectivity index (χ2v) is 8.82. The molecule has 0 radical (unpaired) electrons. The summed E-state index contributed by atoms with van der Waals surface area (Å²) >= 11 is 1.21. The summed E-state index contributed by atoms with van der Waals surface area (Å²) in [6.07, 6.45) is 6.32. The van der Waals surface area contributed by atoms with Crippen molar-refractivity contribution < 1.29 is 4.55 Å². The zero-order valence-corrected chi connectivity index (χ0v) is 15.4. The highest BCUT2D eigenvalue weighted by atomic mass is 127. The number of hydrogen-bond donors (Lipinski definition) is 2. The fourth-order valence-corrected chi connectivity index (χ4v) is 2.99. The third-order valence-electron chi connectivity index (χ3n) is 2.81. The van der Waals surface area contributed by atoms with Crippen LogP contribution in [0.1, 0.15) is 27.2 Å². The molecule has 2 N–H and O–H groups in total. The molecule has 2 aromatic rings. The molecule has 0 aliphatic rings. The first-order valence-electron chi connectivity index (χ1n) is 6.76. The smallest absolute Gasteiger partial charge is 0.208 e. The van der Waals surface area contributed by atoms with Crippen molar-refractivity contribution in [3.8, 4) is 0 Å². The summed E-state index contributed by atoms with van der Waals surface area (Å²) in [5.74, 6) is 0.778. The number of anilines is 1. The largest absolute Gasteiger partial charge is 0.598 e. The third-order valence-corrected chi connectivity index (χ3v) is 5.15. The van der Waals surface area contributed by atoms with Crippen molar-refractivity contribution in [2.45, 2.75) is 31.9 Å². The molecule has 2 aromatic heterocycles. The van der Waals surface area contributed by atoms with Crippen molar-refractivity contribution in [3.63, 3.8) is 0 Å². The zero-order chi connectivity index (χ0) is 15.5. The Balaban J connectivity index is 1.81. The third kappa shape index (κ3) is 4.44. The van der Waals surface area contributed by atoms with E-state index in [4.69, 9.17) is 0 Å². The van der Waals surface area contributed by atoms with Gasteiger partial charge in [0.15, 0.2) is 5.65 Å². The molecule has 1 unspecified atom stereocenters. The highest BCUT2D eigenvalue weighted by Crippen LogP contribution is 2.15. The number of nitrogens with zero attached hydrogens (tertiary/aromatic N) is 3. The van der Waals surface area contributed by atoms with Crippen LogP contribution in [0, 0.1) is 3.57 Å². The molecule has 116 valence electrons. The predicted octanol–water partition coefficient (Wildman–Crippen LogP) is 2.19. The van der Waals surface area contributed by atoms with E-state index in [0.717, 1.165) is 28.1 Å². The summed E-state index contributed by atoms with van der Waals surface area (Å²) in [6.45, 7) is 7.34. The molecule has 0 bridgehead atoms. The van der Waals surface area contributed by atoms with E-state index in [1.54, 1.807) is 12.4 Å². The number of rotatable bonds is 6. The second-order valence-electron chi connectivity index (χ2n) is 5.61. The number of nitrogens with one attached hydrogen (secondary N) is 2. The Hall–Kier alpha value is -0.580. The molecule has 0 saturated carbocycles. The molecule has 6 nitrogen and oxygen atoms in total. The monoisotopic (exact) mass is 421 g/mol. The molecular weight excluding hydrogens is 401 g/mol. The van der Waals surface area contributed by atoms with Crippen molar-refractivity contribution in [2.75, 3.05) is 18.4 Å². The molecular formula is C13H20IN5OS. The lowest BCUT2D eigenvalue weighted by atomic mass is 10.3. The summed E-state index contributed by atoms with van der Waals surface area (Å²) in [4.78, 5) is 8.67. The first kappa shape index (κ1) is 16.8. The van der Waals surface area contributed by atoms with Gasteiger partial charge in [-0.1, -0.05) is 0 Å². The molecule has 0 fully saturated rings. The van der Waals surface area contributed by atoms with Crippen LogP contribution in [0.3, 0.4) is 0 Å². The average molecular weight is 421 g/mol. The van der Waals surface area contributed by atoms with Crippen molar-refractivity contribution >= 4 is 45.5 Å². The predicted molar refractivity (Wildman–Crippen MR) is 94.7 cm³/mol. The summed E-state index contributed by atoms with van der Waals surface area (Å²) in [5, 5.41) is 3.28. The fourth-order valence-electron chi connectivity index (χ4n) is 1.69. The molecule has 0 aromatic carbocycles. The summed E-state index contributed by atoms with van der Waals surface area (Å²) in [6, 6.07) is 0. The summed E-state index contributed by atoms with van der Waals surface area (Å²) in [5.41, 5.74) is 0.903. The van der Waals surface area contributed by atoms with Gasteiger partial charge in [0.05, 0.1) is 3.57 Å². The second kappa shape index (κ2) is 7.12. The van der Waals surface area contributed by atoms with Gasteiger partial charge in [-0.3, -0.25) is 4.40 Å². The molecule has 2 heterocycles. The standard InChI is InChI=1S/C13H20IN5OS/c1-13(2,3)21(20)18-6-4-5-16-12-17-9-10(14)11-15-7-8-19(11)12/h7-9,18H,4-6H2,1-3H3,(H,16,17). The van der Waals surface area contributed by atoms with Gasteiger partial charge in [-0.2, -0.15) is 0 Å². The minimum atomic E-state index is -1.01. The molecule has 0 aliphatic carbocycles. The quantitative estimate of drug-likeness (QED) is 0.425. The Kier molecular flexibility index (Phi) is 5.69. The van der Waals surface area contributed by atoms with Gasteiger partial charge >= 0.3 is 0 Å². The van der Waals surface area contributed by atoms with Gasteiger partial charge in [-0.25, -0.2) is 9.97 Å². The Morgan fingerprint density at radius 2 is 2.10 bits per heavy atom. The molecule has 21 heavy (non-hydrogen) atoms. The van der Waals surface area contributed by atoms with Crippen LogP contribution in [0.25, 0.3) is 5.65 Å². The van der Waals surface area contributed by atoms with E-state index in [1.165, 1.54) is 0 Å². The maximum absolute atomic E-state index is 11.8. The average Bonchev–Trinajstić information content (AvgIpc) is 2.89. The van der Waals surface area contributed by atoms with Crippen LogP contribution in [0.15, 0.2) is 18.6 Å². The van der Waals surface area contributed by atoms with Gasteiger partial charge in [0, 0.05) is 43.0 Å². The molecule has 2 rings (SSSR count). The van der Waals surface area contributed by atoms with Gasteiger partial charge in [0.25, 0.3) is 0 Å². The fraction of sp³-hybridized carbons (Fsp3) is 0.538. The molecule has 0 amide bonds. The first-order chi connectivity index (χ1) is 9.89. The minimum absolute atomic E-state index is 0.228. The number of aromatic nitrogens is 3. The zero-order valence-electron chi connectivity index (χ0n) is 12.4. The van der Waals surface area contributed by atoms with Crippen LogP contribution in [0.4, 0.5) is 5.95 Å². The van der Waals surface area contributed by atoms with Crippen LogP contribution in [0.2, 0.25) is 0 Å². The Morgan fingerprint density at radius 3 is 2.81 bits per heavy atom. The maximum atomic E-state index is 11.8. The van der Waals surface area contributed by atoms with E-state index in [9.17, 15) is 4.55 Å². The van der Waals surface area contributed by atoms with E-state index in [1.807, 2.05) is 31.4 Å². The normalized spacial score (nSPS) is 13.6. The minimum Gasteiger partial charge on any atom is -0.598 e. The SMILES string of the molecule is CC(C)(C)[S+]([O-])NCCCNc1ncc(I)c2nccn12. The molecule has 0 aliphatic heterocycles. The number of hydrogen-bond acceptors (Lipinski definition) is 5. The summed E-state index contributed by atoms with van der Waals surface area (Å²) < 4.78 is 17.6. The van der Waals surface area contributed by atoms with E-state index in [-0.39, 0.29) is 4.75 Å². The topological polar surface area (TPSA) is 77.3 Å². The Morgan fingerprint density at radius 1 is 1.33 bits per heavy atom. The maximum Gasteiger partial charge on any atom is 0.208 e. The van der Waals surface area contributed by atoms with Gasteiger partial charge in [-0.15, -0.1) is 4.72 Å². The van der Waals surface area contributed by atoms with Gasteiger partial charge in [-0.05, 0) is 49.8 Å². The molecule has 1 atom stereocenters. The lowest BCUT2D eigenvalue weighted by Gasteiger charge is -2.23. The van der Waals surface area contributed by atoms with Gasteiger partial charge < -0.3 is 9.87 Å². The van der Waals surface area contributed by atoms with Crippen LogP contribution in [0.5, 0.6) is 0 Å². The van der Waals surface area contributed by atoms with Crippen molar-refractivity contribution in [2.24, 2.45) is 0 Å². The van der Waals surface area contributed by atoms with Crippen LogP contribution in [-0.2, 0) is 11.4 Å². The van der Waals surface area contributed by atoms with Crippen LogP contribution < -0.4 is 10.0 Å². The Bertz CT molecular complexity index is 598. The van der Waals surface area contributed by atoms with E-state index in [0.29, 0.717) is 6.54 Å². The van der Waals surface area contributed by atoms with E-state index in [2.05, 4.69) is 42.6 Å². The van der Waals surface area contributed by atoms with Crippen LogP contribution >= 0.6 is 22.6 Å². The number of halogens is 1. The molecule has 0 saturated heterocycles. The van der Waals surface area contributed by atoms with E-state index < -0.39 is 11.4 Å². The summed E-state index contributed by atoms with van der Waals surface area (Å²) in [7, 11) is 0. The highest BCUT2D eigenvalue weighted by molar-refractivity contribution is 14.1. The highest BCUT2D eigenvalue weighted by Gasteiger charge is 2.25. The number of fused-ring (bicyclic) bond motifs is 1. The lowest BCUT2D eigenvalue weighted by Crippen LogP contribution is -2.40. The van der Waals surface area contributed by atoms with Crippen molar-refractivity contribution in [1.82, 2.24) is 19.1 Å².